The molecule has 0 unspecified atom stereocenters. The van der Waals surface area contributed by atoms with Gasteiger partial charge in [-0.1, -0.05) is 42.5 Å². The smallest absolute Gasteiger partial charge is 0.0320 e. The number of fused-ring (bicyclic) bond motifs is 2. The monoisotopic (exact) mass is 284 g/mol. The van der Waals surface area contributed by atoms with E-state index < -0.39 is 0 Å². The number of hydrogen-bond donors (Lipinski definition) is 2. The normalized spacial score (nSPS) is 11.1. The van der Waals surface area contributed by atoms with Crippen LogP contribution in [0.4, 0.5) is 11.4 Å². The van der Waals surface area contributed by atoms with Gasteiger partial charge in [-0.25, -0.2) is 0 Å². The standard InChI is InChI=1S/C20H16N2/c21-16-7-5-13(6-8-16)20-18-4-2-1-3-14(18)11-15-12-17(22)9-10-19(15)20/h1-12H,21-22H2. The fraction of sp³-hybridized carbons (Fsp3) is 0. The number of nitrogens with two attached hydrogens (primary N) is 2. The van der Waals surface area contributed by atoms with Crippen molar-refractivity contribution in [1.82, 2.24) is 0 Å². The zero-order valence-electron chi connectivity index (χ0n) is 12.1. The average molecular weight is 284 g/mol. The third-order valence-corrected chi connectivity index (χ3v) is 4.09. The van der Waals surface area contributed by atoms with Gasteiger partial charge in [0.1, 0.15) is 0 Å². The van der Waals surface area contributed by atoms with Gasteiger partial charge < -0.3 is 11.5 Å². The molecule has 0 saturated heterocycles. The second-order valence-corrected chi connectivity index (χ2v) is 5.58. The Morgan fingerprint density at radius 3 is 2.05 bits per heavy atom. The minimum atomic E-state index is 0.775. The molecule has 22 heavy (non-hydrogen) atoms. The summed E-state index contributed by atoms with van der Waals surface area (Å²) >= 11 is 0. The minimum absolute atomic E-state index is 0.775. The molecule has 0 aliphatic heterocycles. The number of hydrogen-bond acceptors (Lipinski definition) is 2. The maximum absolute atomic E-state index is 5.96. The quantitative estimate of drug-likeness (QED) is 0.389. The van der Waals surface area contributed by atoms with Crippen LogP contribution in [0.3, 0.4) is 0 Å². The summed E-state index contributed by atoms with van der Waals surface area (Å²) in [6.07, 6.45) is 0. The van der Waals surface area contributed by atoms with E-state index in [0.29, 0.717) is 0 Å². The summed E-state index contributed by atoms with van der Waals surface area (Å²) in [5.74, 6) is 0. The lowest BCUT2D eigenvalue weighted by atomic mass is 9.92. The Bertz CT molecular complexity index is 986. The first kappa shape index (κ1) is 12.7. The largest absolute Gasteiger partial charge is 0.399 e. The molecular weight excluding hydrogens is 268 g/mol. The van der Waals surface area contributed by atoms with E-state index in [0.717, 1.165) is 16.8 Å². The van der Waals surface area contributed by atoms with Gasteiger partial charge in [0.15, 0.2) is 0 Å². The zero-order chi connectivity index (χ0) is 15.1. The van der Waals surface area contributed by atoms with Crippen molar-refractivity contribution in [3.8, 4) is 11.1 Å². The molecule has 0 heterocycles. The zero-order valence-corrected chi connectivity index (χ0v) is 12.1. The van der Waals surface area contributed by atoms with Crippen molar-refractivity contribution in [3.05, 3.63) is 72.8 Å². The summed E-state index contributed by atoms with van der Waals surface area (Å²) in [7, 11) is 0. The molecule has 0 aliphatic rings. The molecule has 0 radical (unpaired) electrons. The first-order chi connectivity index (χ1) is 10.7. The van der Waals surface area contributed by atoms with Gasteiger partial charge in [0, 0.05) is 11.4 Å². The van der Waals surface area contributed by atoms with Gasteiger partial charge in [-0.3, -0.25) is 0 Å². The van der Waals surface area contributed by atoms with E-state index in [4.69, 9.17) is 11.5 Å². The second kappa shape index (κ2) is 4.78. The van der Waals surface area contributed by atoms with E-state index in [9.17, 15) is 0 Å². The average Bonchev–Trinajstić information content (AvgIpc) is 2.53. The molecule has 2 nitrogen and oxygen atoms in total. The molecule has 4 aromatic carbocycles. The molecule has 0 bridgehead atoms. The second-order valence-electron chi connectivity index (χ2n) is 5.58. The first-order valence-electron chi connectivity index (χ1n) is 7.29. The molecule has 0 spiro atoms. The Morgan fingerprint density at radius 1 is 0.545 bits per heavy atom. The van der Waals surface area contributed by atoms with E-state index in [1.807, 2.05) is 24.3 Å². The van der Waals surface area contributed by atoms with Crippen LogP contribution < -0.4 is 11.5 Å². The van der Waals surface area contributed by atoms with Gasteiger partial charge in [-0.15, -0.1) is 0 Å². The molecule has 0 fully saturated rings. The molecule has 0 atom stereocenters. The van der Waals surface area contributed by atoms with Gasteiger partial charge in [0.2, 0.25) is 0 Å². The highest BCUT2D eigenvalue weighted by Gasteiger charge is 2.09. The lowest BCUT2D eigenvalue weighted by Crippen LogP contribution is -1.89. The highest BCUT2D eigenvalue weighted by molar-refractivity contribution is 6.13. The summed E-state index contributed by atoms with van der Waals surface area (Å²) in [5, 5.41) is 4.82. The Hall–Kier alpha value is -3.00. The Morgan fingerprint density at radius 2 is 1.23 bits per heavy atom. The van der Waals surface area contributed by atoms with Crippen LogP contribution in [0.25, 0.3) is 32.7 Å². The van der Waals surface area contributed by atoms with Crippen LogP contribution in [0.15, 0.2) is 72.8 Å². The summed E-state index contributed by atoms with van der Waals surface area (Å²) in [4.78, 5) is 0. The van der Waals surface area contributed by atoms with Gasteiger partial charge >= 0.3 is 0 Å². The minimum Gasteiger partial charge on any atom is -0.399 e. The third-order valence-electron chi connectivity index (χ3n) is 4.09. The highest BCUT2D eigenvalue weighted by atomic mass is 14.5. The van der Waals surface area contributed by atoms with Gasteiger partial charge in [-0.05, 0) is 63.0 Å². The third kappa shape index (κ3) is 1.97. The maximum Gasteiger partial charge on any atom is 0.0320 e. The molecule has 4 aromatic rings. The van der Waals surface area contributed by atoms with E-state index in [2.05, 4.69) is 48.5 Å². The predicted molar refractivity (Wildman–Crippen MR) is 95.7 cm³/mol. The van der Waals surface area contributed by atoms with Crippen molar-refractivity contribution in [2.75, 3.05) is 11.5 Å². The van der Waals surface area contributed by atoms with Crippen LogP contribution in [0.2, 0.25) is 0 Å². The lowest BCUT2D eigenvalue weighted by Gasteiger charge is -2.12. The van der Waals surface area contributed by atoms with Crippen LogP contribution in [-0.4, -0.2) is 0 Å². The fourth-order valence-electron chi connectivity index (χ4n) is 3.05. The molecule has 0 saturated carbocycles. The Balaban J connectivity index is 2.18. The number of anilines is 2. The molecule has 106 valence electrons. The first-order valence-corrected chi connectivity index (χ1v) is 7.29. The SMILES string of the molecule is Nc1ccc(-c2c3ccccc3cc3cc(N)ccc23)cc1. The summed E-state index contributed by atoms with van der Waals surface area (Å²) < 4.78 is 0. The molecule has 2 heteroatoms. The van der Waals surface area contributed by atoms with E-state index >= 15 is 0 Å². The molecule has 0 amide bonds. The van der Waals surface area contributed by atoms with Crippen LogP contribution in [0.1, 0.15) is 0 Å². The van der Waals surface area contributed by atoms with Crippen molar-refractivity contribution < 1.29 is 0 Å². The topological polar surface area (TPSA) is 52.0 Å². The molecule has 4 rings (SSSR count). The Kier molecular flexibility index (Phi) is 2.76. The van der Waals surface area contributed by atoms with Crippen molar-refractivity contribution in [2.45, 2.75) is 0 Å². The molecule has 4 N–H and O–H groups in total. The van der Waals surface area contributed by atoms with Crippen molar-refractivity contribution in [1.29, 1.82) is 0 Å². The van der Waals surface area contributed by atoms with E-state index in [1.54, 1.807) is 0 Å². The number of benzene rings is 4. The van der Waals surface area contributed by atoms with E-state index in [-0.39, 0.29) is 0 Å². The summed E-state index contributed by atoms with van der Waals surface area (Å²) in [6, 6.07) is 24.8. The van der Waals surface area contributed by atoms with Crippen LogP contribution in [-0.2, 0) is 0 Å². The fourth-order valence-corrected chi connectivity index (χ4v) is 3.05. The number of rotatable bonds is 1. The highest BCUT2D eigenvalue weighted by Crippen LogP contribution is 2.37. The van der Waals surface area contributed by atoms with Crippen molar-refractivity contribution in [3.63, 3.8) is 0 Å². The summed E-state index contributed by atoms with van der Waals surface area (Å²) in [6.45, 7) is 0. The van der Waals surface area contributed by atoms with Crippen molar-refractivity contribution in [2.24, 2.45) is 0 Å². The van der Waals surface area contributed by atoms with Crippen LogP contribution in [0, 0.1) is 0 Å². The maximum atomic E-state index is 5.96. The Labute approximate surface area is 129 Å². The summed E-state index contributed by atoms with van der Waals surface area (Å²) in [5.41, 5.74) is 15.7. The van der Waals surface area contributed by atoms with Crippen LogP contribution in [0.5, 0.6) is 0 Å². The van der Waals surface area contributed by atoms with Crippen molar-refractivity contribution >= 4 is 32.9 Å². The predicted octanol–water partition coefficient (Wildman–Crippen LogP) is 4.82. The van der Waals surface area contributed by atoms with Gasteiger partial charge in [0.25, 0.3) is 0 Å². The van der Waals surface area contributed by atoms with E-state index in [1.165, 1.54) is 27.3 Å². The van der Waals surface area contributed by atoms with Crippen LogP contribution >= 0.6 is 0 Å². The molecule has 0 aromatic heterocycles. The van der Waals surface area contributed by atoms with Gasteiger partial charge in [-0.2, -0.15) is 0 Å². The number of nitrogen functional groups attached to an aromatic ring is 2. The molecular formula is C20H16N2. The lowest BCUT2D eigenvalue weighted by molar-refractivity contribution is 1.66. The van der Waals surface area contributed by atoms with Gasteiger partial charge in [0.05, 0.1) is 0 Å². The molecule has 0 aliphatic carbocycles.